The van der Waals surface area contributed by atoms with Gasteiger partial charge in [-0.15, -0.1) is 0 Å². The molecule has 0 heterocycles. The molecule has 0 fully saturated rings. The molecule has 0 spiro atoms. The van der Waals surface area contributed by atoms with Gasteiger partial charge in [-0.25, -0.2) is 8.42 Å². The second kappa shape index (κ2) is 2.90. The summed E-state index contributed by atoms with van der Waals surface area (Å²) in [5, 5.41) is 7.95. The summed E-state index contributed by atoms with van der Waals surface area (Å²) in [6.45, 7) is -0.901. The third-order valence-electron chi connectivity index (χ3n) is 0.514. The Balaban J connectivity index is 3.91. The van der Waals surface area contributed by atoms with Gasteiger partial charge < -0.3 is 9.66 Å². The molecule has 0 aromatic heterocycles. The first-order valence-electron chi connectivity index (χ1n) is 2.02. The Labute approximate surface area is 52.1 Å². The minimum absolute atomic E-state index is 0.901. The van der Waals surface area contributed by atoms with Crippen molar-refractivity contribution in [2.75, 3.05) is 12.4 Å². The first-order valence-corrected chi connectivity index (χ1v) is 3.59. The van der Waals surface area contributed by atoms with E-state index in [-0.39, 0.29) is 0 Å². The SMILES string of the molecule is O=C(CO)CS(=O)(=O)[O-]. The first-order chi connectivity index (χ1) is 3.95. The standard InChI is InChI=1S/C3H6O5S/c4-1-3(5)2-9(6,7)8/h4H,1-2H2,(H,6,7,8)/p-1. The van der Waals surface area contributed by atoms with Gasteiger partial charge in [0, 0.05) is 0 Å². The molecule has 0 atom stereocenters. The Kier molecular flexibility index (Phi) is 2.75. The molecular formula is C3H5O5S-. The van der Waals surface area contributed by atoms with Crippen LogP contribution in [0.4, 0.5) is 0 Å². The summed E-state index contributed by atoms with van der Waals surface area (Å²) in [5.41, 5.74) is 0. The predicted octanol–water partition coefficient (Wildman–Crippen LogP) is -1.91. The zero-order valence-corrected chi connectivity index (χ0v) is 5.22. The molecule has 0 radical (unpaired) electrons. The average Bonchev–Trinajstić information content (AvgIpc) is 1.62. The Hall–Kier alpha value is -0.460. The van der Waals surface area contributed by atoms with Crippen LogP contribution >= 0.6 is 0 Å². The quantitative estimate of drug-likeness (QED) is 0.477. The van der Waals surface area contributed by atoms with Crippen LogP contribution in [0.1, 0.15) is 0 Å². The van der Waals surface area contributed by atoms with E-state index in [9.17, 15) is 17.8 Å². The van der Waals surface area contributed by atoms with E-state index in [4.69, 9.17) is 5.11 Å². The third-order valence-corrected chi connectivity index (χ3v) is 1.19. The minimum atomic E-state index is -4.49. The van der Waals surface area contributed by atoms with Crippen molar-refractivity contribution < 1.29 is 22.9 Å². The summed E-state index contributed by atoms with van der Waals surface area (Å²) in [4.78, 5) is 10.00. The Morgan fingerprint density at radius 2 is 2.00 bits per heavy atom. The number of ketones is 1. The van der Waals surface area contributed by atoms with Gasteiger partial charge in [0.15, 0.2) is 5.78 Å². The number of carbonyl (C=O) groups excluding carboxylic acids is 1. The lowest BCUT2D eigenvalue weighted by Gasteiger charge is -2.01. The number of Topliss-reactive ketones (excluding diaryl/α,β-unsaturated/α-hetero) is 1. The second-order valence-corrected chi connectivity index (χ2v) is 2.80. The van der Waals surface area contributed by atoms with Crippen LogP contribution in [-0.2, 0) is 14.9 Å². The Morgan fingerprint density at radius 3 is 2.11 bits per heavy atom. The van der Waals surface area contributed by atoms with Crippen molar-refractivity contribution in [1.82, 2.24) is 0 Å². The van der Waals surface area contributed by atoms with Gasteiger partial charge in [0.25, 0.3) is 0 Å². The highest BCUT2D eigenvalue weighted by molar-refractivity contribution is 7.86. The molecule has 0 aromatic carbocycles. The molecular weight excluding hydrogens is 148 g/mol. The van der Waals surface area contributed by atoms with Gasteiger partial charge in [-0.2, -0.15) is 0 Å². The highest BCUT2D eigenvalue weighted by Crippen LogP contribution is 1.81. The van der Waals surface area contributed by atoms with Gasteiger partial charge in [0.05, 0.1) is 5.75 Å². The van der Waals surface area contributed by atoms with Gasteiger partial charge in [0.2, 0.25) is 0 Å². The van der Waals surface area contributed by atoms with Crippen LogP contribution < -0.4 is 0 Å². The van der Waals surface area contributed by atoms with Crippen molar-refractivity contribution in [2.24, 2.45) is 0 Å². The summed E-state index contributed by atoms with van der Waals surface area (Å²) < 4.78 is 29.1. The summed E-state index contributed by atoms with van der Waals surface area (Å²) in [5.74, 6) is -2.10. The molecule has 0 aliphatic rings. The van der Waals surface area contributed by atoms with Crippen LogP contribution in [0.5, 0.6) is 0 Å². The molecule has 0 unspecified atom stereocenters. The van der Waals surface area contributed by atoms with E-state index in [0.717, 1.165) is 0 Å². The largest absolute Gasteiger partial charge is 0.748 e. The van der Waals surface area contributed by atoms with Crippen LogP contribution in [0.25, 0.3) is 0 Å². The maximum Gasteiger partial charge on any atom is 0.171 e. The first kappa shape index (κ1) is 8.54. The molecule has 0 saturated heterocycles. The van der Waals surface area contributed by atoms with Gasteiger partial charge in [-0.05, 0) is 0 Å². The predicted molar refractivity (Wildman–Crippen MR) is 26.7 cm³/mol. The van der Waals surface area contributed by atoms with Crippen molar-refractivity contribution in [3.05, 3.63) is 0 Å². The number of rotatable bonds is 3. The minimum Gasteiger partial charge on any atom is -0.748 e. The van der Waals surface area contributed by atoms with E-state index in [1.807, 2.05) is 0 Å². The molecule has 9 heavy (non-hydrogen) atoms. The number of carbonyl (C=O) groups is 1. The average molecular weight is 153 g/mol. The molecule has 0 aromatic rings. The van der Waals surface area contributed by atoms with Crippen molar-refractivity contribution in [1.29, 1.82) is 0 Å². The van der Waals surface area contributed by atoms with E-state index < -0.39 is 28.3 Å². The Morgan fingerprint density at radius 1 is 1.56 bits per heavy atom. The molecule has 0 bridgehead atoms. The number of hydrogen-bond acceptors (Lipinski definition) is 5. The van der Waals surface area contributed by atoms with Crippen LogP contribution in [0.2, 0.25) is 0 Å². The van der Waals surface area contributed by atoms with Crippen molar-refractivity contribution >= 4 is 15.9 Å². The molecule has 0 rings (SSSR count). The van der Waals surface area contributed by atoms with E-state index in [1.54, 1.807) is 0 Å². The molecule has 0 aliphatic carbocycles. The molecule has 6 heteroatoms. The van der Waals surface area contributed by atoms with Gasteiger partial charge >= 0.3 is 0 Å². The molecule has 5 nitrogen and oxygen atoms in total. The maximum atomic E-state index is 10.00. The van der Waals surface area contributed by atoms with Crippen molar-refractivity contribution in [2.45, 2.75) is 0 Å². The molecule has 0 amide bonds. The topological polar surface area (TPSA) is 94.5 Å². The van der Waals surface area contributed by atoms with Gasteiger partial charge in [0.1, 0.15) is 16.7 Å². The highest BCUT2D eigenvalue weighted by Gasteiger charge is 2.03. The summed E-state index contributed by atoms with van der Waals surface area (Å²) >= 11 is 0. The second-order valence-electron chi connectivity index (χ2n) is 1.40. The monoisotopic (exact) mass is 153 g/mol. The van der Waals surface area contributed by atoms with E-state index in [0.29, 0.717) is 0 Å². The molecule has 54 valence electrons. The van der Waals surface area contributed by atoms with Crippen molar-refractivity contribution in [3.63, 3.8) is 0 Å². The molecule has 0 aliphatic heterocycles. The fourth-order valence-electron chi connectivity index (χ4n) is 0.243. The molecule has 1 N–H and O–H groups in total. The number of hydrogen-bond donors (Lipinski definition) is 1. The summed E-state index contributed by atoms with van der Waals surface area (Å²) in [7, 11) is -4.49. The normalized spacial score (nSPS) is 11.3. The number of aliphatic hydroxyl groups is 1. The van der Waals surface area contributed by atoms with Gasteiger partial charge in [-0.3, -0.25) is 4.79 Å². The smallest absolute Gasteiger partial charge is 0.171 e. The van der Waals surface area contributed by atoms with Crippen LogP contribution in [0.3, 0.4) is 0 Å². The fourth-order valence-corrected chi connectivity index (χ4v) is 0.728. The number of aliphatic hydroxyl groups excluding tert-OH is 1. The van der Waals surface area contributed by atoms with Crippen LogP contribution in [0.15, 0.2) is 0 Å². The van der Waals surface area contributed by atoms with Crippen molar-refractivity contribution in [3.8, 4) is 0 Å². The lowest BCUT2D eigenvalue weighted by molar-refractivity contribution is -0.119. The summed E-state index contributed by atoms with van der Waals surface area (Å²) in [6.07, 6.45) is 0. The van der Waals surface area contributed by atoms with Gasteiger partial charge in [-0.1, -0.05) is 0 Å². The zero-order valence-electron chi connectivity index (χ0n) is 4.40. The van der Waals surface area contributed by atoms with E-state index in [1.165, 1.54) is 0 Å². The third kappa shape index (κ3) is 5.41. The molecule has 0 saturated carbocycles. The van der Waals surface area contributed by atoms with Crippen LogP contribution in [-0.4, -0.2) is 36.2 Å². The summed E-state index contributed by atoms with van der Waals surface area (Å²) in [6, 6.07) is 0. The Bertz CT molecular complexity index is 190. The zero-order chi connectivity index (χ0) is 7.49. The van der Waals surface area contributed by atoms with E-state index in [2.05, 4.69) is 0 Å². The lowest BCUT2D eigenvalue weighted by Crippen LogP contribution is -2.17. The lowest BCUT2D eigenvalue weighted by atomic mass is 10.5. The van der Waals surface area contributed by atoms with E-state index >= 15 is 0 Å². The van der Waals surface area contributed by atoms with Crippen LogP contribution in [0, 0.1) is 0 Å². The highest BCUT2D eigenvalue weighted by atomic mass is 32.2. The fraction of sp³-hybridized carbons (Fsp3) is 0.667. The maximum absolute atomic E-state index is 10.00.